The van der Waals surface area contributed by atoms with Gasteiger partial charge in [0, 0.05) is 98.6 Å². The molecule has 0 N–H and O–H groups in total. The monoisotopic (exact) mass is 1630 g/mol. The van der Waals surface area contributed by atoms with Crippen LogP contribution in [-0.4, -0.2) is 131 Å². The molecule has 0 aliphatic heterocycles. The van der Waals surface area contributed by atoms with Gasteiger partial charge in [0.15, 0.2) is 0 Å². The standard InChI is InChI=1S/C7H8.2C6H7N.6C5H6N2.4C4H5N3.13C2H6.CH4/c1-7-5-3-2-4-6-7;1-6-2-4-7-5-3-6;1-6-3-2-4-7-5-6;1-5-2-6-4-7-3-5;1-5-4-6-2-3-7-5;1-5-2-3-6-4-7-5;1-5-2-3-6-7-4-5;1-5-6-3-2-4-7-5;1-5-3-2-4-6-7-5;1-4-6-2-5-3-7-4;1-4-2-6-7-3-5-4;1-4-2-5-3-6-7-4;1-4-5-2-3-6-7-4;13*1-2;/h2-6H,1H3;2*2-5H,1H3;6*2-4H,1H3;4*2-3H,1H3;13*1-2H3;1H4. The minimum Gasteiger partial charge on any atom is -0.265 e. The second-order valence-corrected chi connectivity index (χ2v) is 17.8. The van der Waals surface area contributed by atoms with Crippen molar-refractivity contribution >= 4 is 0 Å². The van der Waals surface area contributed by atoms with Crippen LogP contribution >= 0.6 is 0 Å². The zero-order valence-electron chi connectivity index (χ0n) is 79.6. The predicted octanol–water partition coefficient (Wildman–Crippen LogP) is 24.2. The predicted molar refractivity (Wildman–Crippen MR) is 502 cm³/mol. The Morgan fingerprint density at radius 1 is 0.161 bits per heavy atom. The molecule has 0 radical (unpaired) electrons. The number of aromatic nitrogens is 26. The first-order valence-corrected chi connectivity index (χ1v) is 40.6. The molecule has 0 spiro atoms. The maximum absolute atomic E-state index is 3.92. The first kappa shape index (κ1) is 138. The molecule has 0 amide bonds. The molecule has 0 saturated heterocycles. The van der Waals surface area contributed by atoms with E-state index in [1.807, 2.05) is 329 Å². The Morgan fingerprint density at radius 3 is 0.797 bits per heavy atom. The molecule has 0 bridgehead atoms. The van der Waals surface area contributed by atoms with Gasteiger partial charge in [0.05, 0.1) is 47.6 Å². The quantitative estimate of drug-likeness (QED) is 0.136. The van der Waals surface area contributed by atoms with E-state index in [4.69, 9.17) is 0 Å². The summed E-state index contributed by atoms with van der Waals surface area (Å²) in [7, 11) is 0. The Balaban J connectivity index is -0.0000000808. The lowest BCUT2D eigenvalue weighted by molar-refractivity contribution is 0.907. The van der Waals surface area contributed by atoms with Crippen LogP contribution in [0.15, 0.2) is 241 Å². The van der Waals surface area contributed by atoms with E-state index in [-0.39, 0.29) is 7.43 Å². The van der Waals surface area contributed by atoms with E-state index in [1.54, 1.807) is 125 Å². The van der Waals surface area contributed by atoms with Gasteiger partial charge >= 0.3 is 0 Å². The third-order valence-electron chi connectivity index (χ3n) is 9.28. The summed E-state index contributed by atoms with van der Waals surface area (Å²) in [4.78, 5) is 60.8. The maximum atomic E-state index is 3.92. The third kappa shape index (κ3) is 130. The smallest absolute Gasteiger partial charge is 0.147 e. The Morgan fingerprint density at radius 2 is 0.576 bits per heavy atom. The van der Waals surface area contributed by atoms with Crippen molar-refractivity contribution in [1.82, 2.24) is 131 Å². The first-order chi connectivity index (χ1) is 57.1. The van der Waals surface area contributed by atoms with Gasteiger partial charge in [-0.3, -0.25) is 19.9 Å². The zero-order chi connectivity index (χ0) is 92.5. The van der Waals surface area contributed by atoms with Gasteiger partial charge in [0.1, 0.15) is 55.4 Å². The van der Waals surface area contributed by atoms with Gasteiger partial charge in [-0.05, 0) is 161 Å². The highest BCUT2D eigenvalue weighted by molar-refractivity contribution is 5.12. The van der Waals surface area contributed by atoms with Gasteiger partial charge in [-0.25, -0.2) is 59.8 Å². The first-order valence-electron chi connectivity index (χ1n) is 40.6. The van der Waals surface area contributed by atoms with Crippen LogP contribution in [0, 0.1) is 90.0 Å². The fraction of sp³-hybridized carbons (Fsp3) is 0.435. The fourth-order valence-electron chi connectivity index (χ4n) is 4.84. The average molecular weight is 1630 g/mol. The molecule has 26 nitrogen and oxygen atoms in total. The van der Waals surface area contributed by atoms with Crippen LogP contribution < -0.4 is 0 Å². The van der Waals surface area contributed by atoms with Gasteiger partial charge in [0.2, 0.25) is 0 Å². The Labute approximate surface area is 718 Å². The number of aryl methyl sites for hydroxylation is 13. The van der Waals surface area contributed by atoms with E-state index in [0.717, 1.165) is 51.2 Å². The van der Waals surface area contributed by atoms with Crippen molar-refractivity contribution in [3.05, 3.63) is 314 Å². The summed E-state index contributed by atoms with van der Waals surface area (Å²) in [5.74, 6) is 2.29. The van der Waals surface area contributed by atoms with Crippen LogP contribution in [0.1, 0.15) is 261 Å². The number of hydrogen-bond donors (Lipinski definition) is 0. The van der Waals surface area contributed by atoms with Crippen molar-refractivity contribution in [2.75, 3.05) is 0 Å². The third-order valence-corrected chi connectivity index (χ3v) is 9.28. The molecule has 13 aromatic rings. The molecule has 0 aliphatic carbocycles. The zero-order valence-corrected chi connectivity index (χ0v) is 79.6. The molecule has 12 heterocycles. The minimum absolute atomic E-state index is 0. The maximum Gasteiger partial charge on any atom is 0.147 e. The molecule has 0 unspecified atom stereocenters. The lowest BCUT2D eigenvalue weighted by Gasteiger charge is -1.82. The lowest BCUT2D eigenvalue weighted by atomic mass is 10.2. The fourth-order valence-corrected chi connectivity index (χ4v) is 4.84. The molecule has 12 aromatic heterocycles. The van der Waals surface area contributed by atoms with Crippen LogP contribution in [-0.2, 0) is 0 Å². The largest absolute Gasteiger partial charge is 0.265 e. The van der Waals surface area contributed by atoms with Crippen LogP contribution in [0.25, 0.3) is 0 Å². The highest BCUT2D eigenvalue weighted by atomic mass is 15.1. The van der Waals surface area contributed by atoms with Crippen molar-refractivity contribution in [2.24, 2.45) is 0 Å². The van der Waals surface area contributed by atoms with Crippen molar-refractivity contribution in [3.63, 3.8) is 0 Å². The van der Waals surface area contributed by atoms with Crippen molar-refractivity contribution in [3.8, 4) is 0 Å². The summed E-state index contributed by atoms with van der Waals surface area (Å²) in [6, 6.07) is 27.5. The highest BCUT2D eigenvalue weighted by Gasteiger charge is 1.82. The van der Waals surface area contributed by atoms with Crippen LogP contribution in [0.4, 0.5) is 0 Å². The summed E-state index contributed by atoms with van der Waals surface area (Å²) in [6.45, 7) is 77.0. The van der Waals surface area contributed by atoms with E-state index in [9.17, 15) is 0 Å². The normalized spacial score (nSPS) is 7.38. The summed E-state index contributed by atoms with van der Waals surface area (Å²) in [6.07, 6.45) is 41.3. The number of rotatable bonds is 0. The second-order valence-electron chi connectivity index (χ2n) is 17.8. The molecule has 118 heavy (non-hydrogen) atoms. The van der Waals surface area contributed by atoms with Gasteiger partial charge in [0.25, 0.3) is 0 Å². The molecule has 658 valence electrons. The van der Waals surface area contributed by atoms with Crippen molar-refractivity contribution in [1.29, 1.82) is 0 Å². The summed E-state index contributed by atoms with van der Waals surface area (Å²) < 4.78 is 0. The molecular weight excluding hydrogens is 1470 g/mol. The Kier molecular flexibility index (Phi) is 157. The average Bonchev–Trinajstić information content (AvgIpc) is 2.28. The van der Waals surface area contributed by atoms with E-state index >= 15 is 0 Å². The lowest BCUT2D eigenvalue weighted by Crippen LogP contribution is -1.85. The van der Waals surface area contributed by atoms with Crippen LogP contribution in [0.2, 0.25) is 0 Å². The number of pyridine rings is 2. The molecule has 0 fully saturated rings. The number of benzene rings is 1. The molecule has 0 saturated carbocycles. The molecule has 0 aliphatic rings. The molecule has 0 atom stereocenters. The van der Waals surface area contributed by atoms with Crippen LogP contribution in [0.5, 0.6) is 0 Å². The van der Waals surface area contributed by atoms with Crippen LogP contribution in [0.3, 0.4) is 0 Å². The topological polar surface area (TPSA) is 335 Å². The molecule has 1 aromatic carbocycles. The van der Waals surface area contributed by atoms with Crippen molar-refractivity contribution < 1.29 is 0 Å². The van der Waals surface area contributed by atoms with E-state index < -0.39 is 0 Å². The van der Waals surface area contributed by atoms with Gasteiger partial charge < -0.3 is 0 Å². The van der Waals surface area contributed by atoms with E-state index in [1.165, 1.54) is 54.7 Å². The Bertz CT molecular complexity index is 2680. The highest BCUT2D eigenvalue weighted by Crippen LogP contribution is 1.93. The Hall–Kier alpha value is -12.0. The van der Waals surface area contributed by atoms with Crippen molar-refractivity contribution in [2.45, 2.75) is 277 Å². The summed E-state index contributed by atoms with van der Waals surface area (Å²) >= 11 is 0. The van der Waals surface area contributed by atoms with E-state index in [0.29, 0.717) is 5.82 Å². The molecule has 13 rings (SSSR count). The second kappa shape index (κ2) is 134. The van der Waals surface area contributed by atoms with Gasteiger partial charge in [-0.1, -0.05) is 229 Å². The number of nitrogens with zero attached hydrogens (tertiary/aromatic N) is 26. The molecule has 26 heteroatoms. The van der Waals surface area contributed by atoms with Gasteiger partial charge in [-0.2, -0.15) is 35.7 Å². The summed E-state index contributed by atoms with van der Waals surface area (Å²) in [5.41, 5.74) is 10.7. The SMILES string of the molecule is C.CC.CC.CC.CC.CC.CC.CC.CC.CC.CC.CC.CC.CC.Cc1ccccc1.Cc1cccnc1.Cc1cccnn1.Cc1ccncc1.Cc1ccncn1.Cc1ccnnc1.Cc1cnccn1.Cc1cncnc1.Cc1cncnn1.Cc1cnncn1.Cc1ncccn1.Cc1nccnn1.Cc1ncncn1. The van der Waals surface area contributed by atoms with E-state index in [2.05, 4.69) is 150 Å². The summed E-state index contributed by atoms with van der Waals surface area (Å²) in [5, 5.41) is 36.0. The molecular formula is C92H160N26. The minimum atomic E-state index is 0. The van der Waals surface area contributed by atoms with Gasteiger partial charge in [-0.15, -0.1) is 15.3 Å². The number of hydrogen-bond acceptors (Lipinski definition) is 26.